The zero-order chi connectivity index (χ0) is 14.1. The molecular formula is C16H34O2. The fourth-order valence-corrected chi connectivity index (χ4v) is 2.33. The van der Waals surface area contributed by atoms with Crippen molar-refractivity contribution in [2.45, 2.75) is 103 Å². The summed E-state index contributed by atoms with van der Waals surface area (Å²) >= 11 is 0. The molecule has 0 aromatic carbocycles. The quantitative estimate of drug-likeness (QED) is 0.538. The summed E-state index contributed by atoms with van der Waals surface area (Å²) in [5, 5.41) is 20.9. The summed E-state index contributed by atoms with van der Waals surface area (Å²) in [6.45, 7) is 7.95. The highest BCUT2D eigenvalue weighted by atomic mass is 16.4. The van der Waals surface area contributed by atoms with Crippen LogP contribution in [0.25, 0.3) is 0 Å². The standard InChI is InChI=1S/C16H34O2/c1-5-7-9-11-13-15(3,17)16(4,18)14-12-10-8-6-2/h17-18H,5-14H2,1-4H3/t15-,16-/m1/s1. The second-order valence-corrected chi connectivity index (χ2v) is 6.17. The van der Waals surface area contributed by atoms with Crippen LogP contribution in [0.2, 0.25) is 0 Å². The molecule has 0 saturated carbocycles. The highest BCUT2D eigenvalue weighted by molar-refractivity contribution is 4.93. The van der Waals surface area contributed by atoms with Gasteiger partial charge in [-0.15, -0.1) is 0 Å². The van der Waals surface area contributed by atoms with Crippen LogP contribution < -0.4 is 0 Å². The molecule has 2 atom stereocenters. The number of rotatable bonds is 11. The third-order valence-electron chi connectivity index (χ3n) is 4.19. The fraction of sp³-hybridized carbons (Fsp3) is 1.00. The first-order valence-corrected chi connectivity index (χ1v) is 7.82. The van der Waals surface area contributed by atoms with Gasteiger partial charge in [-0.05, 0) is 26.7 Å². The van der Waals surface area contributed by atoms with Crippen molar-refractivity contribution < 1.29 is 10.2 Å². The van der Waals surface area contributed by atoms with Crippen LogP contribution in [0.4, 0.5) is 0 Å². The van der Waals surface area contributed by atoms with Gasteiger partial charge in [-0.1, -0.05) is 65.2 Å². The lowest BCUT2D eigenvalue weighted by Crippen LogP contribution is -2.49. The Balaban J connectivity index is 4.02. The first-order valence-electron chi connectivity index (χ1n) is 7.82. The maximum Gasteiger partial charge on any atom is 0.0902 e. The van der Waals surface area contributed by atoms with E-state index in [1.807, 2.05) is 0 Å². The van der Waals surface area contributed by atoms with Crippen LogP contribution in [0.3, 0.4) is 0 Å². The van der Waals surface area contributed by atoms with E-state index in [0.29, 0.717) is 12.8 Å². The molecule has 0 rings (SSSR count). The summed E-state index contributed by atoms with van der Waals surface area (Å²) < 4.78 is 0. The minimum absolute atomic E-state index is 0.702. The molecule has 0 aliphatic heterocycles. The molecule has 0 aliphatic rings. The molecule has 18 heavy (non-hydrogen) atoms. The van der Waals surface area contributed by atoms with Crippen LogP contribution in [0, 0.1) is 0 Å². The van der Waals surface area contributed by atoms with E-state index in [4.69, 9.17) is 0 Å². The Morgan fingerprint density at radius 3 is 1.22 bits per heavy atom. The summed E-state index contributed by atoms with van der Waals surface area (Å²) in [5.74, 6) is 0. The minimum atomic E-state index is -0.951. The highest BCUT2D eigenvalue weighted by Crippen LogP contribution is 2.32. The Bertz CT molecular complexity index is 175. The average Bonchev–Trinajstić information content (AvgIpc) is 2.30. The van der Waals surface area contributed by atoms with Gasteiger partial charge >= 0.3 is 0 Å². The first-order chi connectivity index (χ1) is 8.37. The van der Waals surface area contributed by atoms with Gasteiger partial charge in [0, 0.05) is 0 Å². The van der Waals surface area contributed by atoms with Crippen LogP contribution in [0.15, 0.2) is 0 Å². The molecule has 0 saturated heterocycles. The fourth-order valence-electron chi connectivity index (χ4n) is 2.33. The monoisotopic (exact) mass is 258 g/mol. The Kier molecular flexibility index (Phi) is 8.89. The van der Waals surface area contributed by atoms with E-state index in [9.17, 15) is 10.2 Å². The van der Waals surface area contributed by atoms with Gasteiger partial charge in [-0.25, -0.2) is 0 Å². The predicted octanol–water partition coefficient (Wildman–Crippen LogP) is 4.43. The average molecular weight is 258 g/mol. The molecule has 0 bridgehead atoms. The molecule has 2 nitrogen and oxygen atoms in total. The van der Waals surface area contributed by atoms with Crippen molar-refractivity contribution in [3.63, 3.8) is 0 Å². The van der Waals surface area contributed by atoms with Crippen molar-refractivity contribution in [1.29, 1.82) is 0 Å². The molecule has 0 spiro atoms. The normalized spacial score (nSPS) is 18.3. The molecule has 0 aromatic heterocycles. The van der Waals surface area contributed by atoms with Crippen LogP contribution in [-0.2, 0) is 0 Å². The van der Waals surface area contributed by atoms with Gasteiger partial charge in [0.25, 0.3) is 0 Å². The third kappa shape index (κ3) is 6.75. The van der Waals surface area contributed by atoms with E-state index < -0.39 is 11.2 Å². The van der Waals surface area contributed by atoms with E-state index in [-0.39, 0.29) is 0 Å². The molecule has 0 fully saturated rings. The van der Waals surface area contributed by atoms with Crippen LogP contribution in [0.1, 0.15) is 91.9 Å². The second-order valence-electron chi connectivity index (χ2n) is 6.17. The zero-order valence-electron chi connectivity index (χ0n) is 13.0. The Hall–Kier alpha value is -0.0800. The van der Waals surface area contributed by atoms with Crippen molar-refractivity contribution in [2.75, 3.05) is 0 Å². The summed E-state index contributed by atoms with van der Waals surface area (Å²) in [6.07, 6.45) is 10.6. The number of hydrogen-bond acceptors (Lipinski definition) is 2. The Morgan fingerprint density at radius 2 is 0.944 bits per heavy atom. The molecular weight excluding hydrogens is 224 g/mol. The summed E-state index contributed by atoms with van der Waals surface area (Å²) in [4.78, 5) is 0. The maximum absolute atomic E-state index is 10.4. The number of unbranched alkanes of at least 4 members (excludes halogenated alkanes) is 6. The lowest BCUT2D eigenvalue weighted by molar-refractivity contribution is -0.140. The van der Waals surface area contributed by atoms with Gasteiger partial charge in [-0.3, -0.25) is 0 Å². The molecule has 0 heterocycles. The molecule has 0 radical (unpaired) electrons. The van der Waals surface area contributed by atoms with E-state index in [0.717, 1.165) is 25.7 Å². The van der Waals surface area contributed by atoms with Gasteiger partial charge in [0.05, 0.1) is 11.2 Å². The van der Waals surface area contributed by atoms with Crippen molar-refractivity contribution in [3.8, 4) is 0 Å². The molecule has 0 aliphatic carbocycles. The van der Waals surface area contributed by atoms with E-state index >= 15 is 0 Å². The topological polar surface area (TPSA) is 40.5 Å². The van der Waals surface area contributed by atoms with Crippen molar-refractivity contribution >= 4 is 0 Å². The third-order valence-corrected chi connectivity index (χ3v) is 4.19. The van der Waals surface area contributed by atoms with Gasteiger partial charge in [-0.2, -0.15) is 0 Å². The SMILES string of the molecule is CCCCCC[C@@](C)(O)[C@](C)(O)CCCCCC. The van der Waals surface area contributed by atoms with Gasteiger partial charge < -0.3 is 10.2 Å². The molecule has 0 unspecified atom stereocenters. The van der Waals surface area contributed by atoms with Crippen molar-refractivity contribution in [1.82, 2.24) is 0 Å². The van der Waals surface area contributed by atoms with Crippen LogP contribution >= 0.6 is 0 Å². The molecule has 2 heteroatoms. The van der Waals surface area contributed by atoms with E-state index in [2.05, 4.69) is 13.8 Å². The van der Waals surface area contributed by atoms with E-state index in [1.54, 1.807) is 13.8 Å². The highest BCUT2D eigenvalue weighted by Gasteiger charge is 2.40. The molecule has 110 valence electrons. The van der Waals surface area contributed by atoms with Crippen molar-refractivity contribution in [2.24, 2.45) is 0 Å². The zero-order valence-corrected chi connectivity index (χ0v) is 13.0. The van der Waals surface area contributed by atoms with Gasteiger partial charge in [0.2, 0.25) is 0 Å². The van der Waals surface area contributed by atoms with E-state index in [1.165, 1.54) is 25.7 Å². The largest absolute Gasteiger partial charge is 0.387 e. The summed E-state index contributed by atoms with van der Waals surface area (Å²) in [7, 11) is 0. The first kappa shape index (κ1) is 17.9. The maximum atomic E-state index is 10.4. The Morgan fingerprint density at radius 1 is 0.611 bits per heavy atom. The van der Waals surface area contributed by atoms with Crippen LogP contribution in [0.5, 0.6) is 0 Å². The molecule has 0 aromatic rings. The molecule has 0 amide bonds. The van der Waals surface area contributed by atoms with Gasteiger partial charge in [0.1, 0.15) is 0 Å². The predicted molar refractivity (Wildman–Crippen MR) is 78.8 cm³/mol. The number of hydrogen-bond donors (Lipinski definition) is 2. The second kappa shape index (κ2) is 8.92. The number of aliphatic hydroxyl groups is 2. The van der Waals surface area contributed by atoms with Gasteiger partial charge in [0.15, 0.2) is 0 Å². The van der Waals surface area contributed by atoms with Crippen LogP contribution in [-0.4, -0.2) is 21.4 Å². The minimum Gasteiger partial charge on any atom is -0.387 e. The molecule has 2 N–H and O–H groups in total. The van der Waals surface area contributed by atoms with Crippen molar-refractivity contribution in [3.05, 3.63) is 0 Å². The lowest BCUT2D eigenvalue weighted by Gasteiger charge is -2.39. The lowest BCUT2D eigenvalue weighted by atomic mass is 9.78. The Labute approximate surface area is 114 Å². The smallest absolute Gasteiger partial charge is 0.0902 e. The summed E-state index contributed by atoms with van der Waals surface area (Å²) in [5.41, 5.74) is -1.90. The summed E-state index contributed by atoms with van der Waals surface area (Å²) in [6, 6.07) is 0.